The van der Waals surface area contributed by atoms with Gasteiger partial charge in [-0.15, -0.1) is 0 Å². The van der Waals surface area contributed by atoms with Gasteiger partial charge in [0.15, 0.2) is 0 Å². The van der Waals surface area contributed by atoms with Crippen LogP contribution in [0.4, 0.5) is 0 Å². The monoisotopic (exact) mass is 214 g/mol. The first-order valence-corrected chi connectivity index (χ1v) is 8.90. The molecule has 2 aliphatic heterocycles. The highest BCUT2D eigenvalue weighted by Crippen LogP contribution is 2.58. The molecular weight excluding hydrogens is 188 g/mol. The summed E-state index contributed by atoms with van der Waals surface area (Å²) in [5, 5.41) is 0. The molecule has 0 radical (unpaired) electrons. The maximum Gasteiger partial charge on any atom is -0.0225 e. The van der Waals surface area contributed by atoms with Crippen molar-refractivity contribution in [2.45, 2.75) is 51.9 Å². The molecule has 0 saturated carbocycles. The van der Waals surface area contributed by atoms with Gasteiger partial charge in [-0.05, 0) is 54.6 Å². The standard InChI is InChI=1S/C13H26S/c1-2-3-6-13-7-11-14(12-8-13)9-4-5-10-14/h13H,2-12H2,1H3. The highest BCUT2D eigenvalue weighted by Gasteiger charge is 2.32. The number of rotatable bonds is 3. The first-order chi connectivity index (χ1) is 6.85. The maximum absolute atomic E-state index is 2.33. The average molecular weight is 214 g/mol. The van der Waals surface area contributed by atoms with E-state index in [1.807, 2.05) is 0 Å². The van der Waals surface area contributed by atoms with Gasteiger partial charge in [-0.1, -0.05) is 26.2 Å². The van der Waals surface area contributed by atoms with Crippen LogP contribution >= 0.6 is 10.0 Å². The fourth-order valence-electron chi connectivity index (χ4n) is 3.19. The van der Waals surface area contributed by atoms with E-state index in [0.29, 0.717) is 0 Å². The molecule has 0 nitrogen and oxygen atoms in total. The normalized spacial score (nSPS) is 29.5. The van der Waals surface area contributed by atoms with Crippen LogP contribution in [0, 0.1) is 5.92 Å². The van der Waals surface area contributed by atoms with Crippen molar-refractivity contribution in [3.8, 4) is 0 Å². The van der Waals surface area contributed by atoms with Gasteiger partial charge in [-0.3, -0.25) is 0 Å². The third kappa shape index (κ3) is 2.48. The van der Waals surface area contributed by atoms with E-state index >= 15 is 0 Å². The second kappa shape index (κ2) is 4.92. The lowest BCUT2D eigenvalue weighted by Gasteiger charge is -2.42. The topological polar surface area (TPSA) is 0 Å². The molecule has 0 aliphatic carbocycles. The van der Waals surface area contributed by atoms with Crippen LogP contribution in [0.15, 0.2) is 0 Å². The third-order valence-electron chi connectivity index (χ3n) is 4.29. The first kappa shape index (κ1) is 10.9. The largest absolute Gasteiger partial charge is 0.241 e. The molecule has 0 bridgehead atoms. The van der Waals surface area contributed by atoms with Crippen LogP contribution in [0.3, 0.4) is 0 Å². The minimum absolute atomic E-state index is 0.0203. The number of hydrogen-bond donors (Lipinski definition) is 0. The van der Waals surface area contributed by atoms with Gasteiger partial charge in [0.25, 0.3) is 0 Å². The van der Waals surface area contributed by atoms with Crippen molar-refractivity contribution in [2.75, 3.05) is 23.0 Å². The van der Waals surface area contributed by atoms with E-state index in [0.717, 1.165) is 5.92 Å². The average Bonchev–Trinajstić information content (AvgIpc) is 2.66. The Kier molecular flexibility index (Phi) is 3.81. The zero-order chi connectivity index (χ0) is 9.86. The fraction of sp³-hybridized carbons (Fsp3) is 1.00. The lowest BCUT2D eigenvalue weighted by Crippen LogP contribution is -2.22. The van der Waals surface area contributed by atoms with Crippen LogP contribution in [0.5, 0.6) is 0 Å². The smallest absolute Gasteiger partial charge is 0.0225 e. The van der Waals surface area contributed by atoms with Crippen molar-refractivity contribution < 1.29 is 0 Å². The fourth-order valence-corrected chi connectivity index (χ4v) is 7.71. The summed E-state index contributed by atoms with van der Waals surface area (Å²) in [6.07, 6.45) is 10.7. The summed E-state index contributed by atoms with van der Waals surface area (Å²) in [4.78, 5) is 0. The van der Waals surface area contributed by atoms with Crippen LogP contribution < -0.4 is 0 Å². The summed E-state index contributed by atoms with van der Waals surface area (Å²) in [5.41, 5.74) is 0. The van der Waals surface area contributed by atoms with Crippen molar-refractivity contribution in [1.82, 2.24) is 0 Å². The van der Waals surface area contributed by atoms with E-state index < -0.39 is 0 Å². The highest BCUT2D eigenvalue weighted by atomic mass is 32.3. The zero-order valence-electron chi connectivity index (χ0n) is 9.76. The van der Waals surface area contributed by atoms with E-state index in [-0.39, 0.29) is 10.0 Å². The molecule has 0 atom stereocenters. The third-order valence-corrected chi connectivity index (χ3v) is 8.80. The van der Waals surface area contributed by atoms with Crippen LogP contribution in [0.1, 0.15) is 51.9 Å². The van der Waals surface area contributed by atoms with E-state index in [4.69, 9.17) is 0 Å². The van der Waals surface area contributed by atoms with Crippen molar-refractivity contribution >= 4 is 10.0 Å². The highest BCUT2D eigenvalue weighted by molar-refractivity contribution is 8.33. The van der Waals surface area contributed by atoms with E-state index in [9.17, 15) is 0 Å². The predicted octanol–water partition coefficient (Wildman–Crippen LogP) is 4.19. The van der Waals surface area contributed by atoms with Gasteiger partial charge < -0.3 is 0 Å². The van der Waals surface area contributed by atoms with Crippen molar-refractivity contribution in [3.63, 3.8) is 0 Å². The Balaban J connectivity index is 1.74. The molecule has 0 N–H and O–H groups in total. The van der Waals surface area contributed by atoms with Crippen molar-refractivity contribution in [3.05, 3.63) is 0 Å². The minimum Gasteiger partial charge on any atom is -0.241 e. The molecule has 2 fully saturated rings. The summed E-state index contributed by atoms with van der Waals surface area (Å²) < 4.78 is 0. The summed E-state index contributed by atoms with van der Waals surface area (Å²) in [5.74, 6) is 7.72. The lowest BCUT2D eigenvalue weighted by molar-refractivity contribution is 0.433. The van der Waals surface area contributed by atoms with Crippen molar-refractivity contribution in [1.29, 1.82) is 0 Å². The molecule has 2 heterocycles. The van der Waals surface area contributed by atoms with Gasteiger partial charge in [-0.2, -0.15) is 0 Å². The Morgan fingerprint density at radius 2 is 1.64 bits per heavy atom. The molecule has 0 unspecified atom stereocenters. The molecule has 1 heteroatoms. The minimum atomic E-state index is -0.0203. The van der Waals surface area contributed by atoms with Crippen molar-refractivity contribution in [2.24, 2.45) is 5.92 Å². The Bertz CT molecular complexity index is 160. The maximum atomic E-state index is 2.33. The molecular formula is C13H26S. The molecule has 2 saturated heterocycles. The first-order valence-electron chi connectivity index (χ1n) is 6.59. The van der Waals surface area contributed by atoms with Gasteiger partial charge in [0, 0.05) is 0 Å². The Morgan fingerprint density at radius 1 is 1.00 bits per heavy atom. The summed E-state index contributed by atoms with van der Waals surface area (Å²) in [6, 6.07) is 0. The second-order valence-electron chi connectivity index (χ2n) is 5.33. The Labute approximate surface area is 91.2 Å². The molecule has 84 valence electrons. The molecule has 2 aliphatic rings. The zero-order valence-corrected chi connectivity index (χ0v) is 10.6. The van der Waals surface area contributed by atoms with E-state index in [1.54, 1.807) is 48.7 Å². The Hall–Kier alpha value is 0.350. The van der Waals surface area contributed by atoms with Gasteiger partial charge in [-0.25, -0.2) is 10.0 Å². The molecule has 14 heavy (non-hydrogen) atoms. The molecule has 0 aromatic rings. The SMILES string of the molecule is CCCCC1CCS2(CCCC2)CC1. The molecule has 1 spiro atoms. The number of hydrogen-bond acceptors (Lipinski definition) is 0. The van der Waals surface area contributed by atoms with E-state index in [1.165, 1.54) is 19.3 Å². The van der Waals surface area contributed by atoms with Crippen LogP contribution in [0.25, 0.3) is 0 Å². The molecule has 0 aromatic carbocycles. The second-order valence-corrected chi connectivity index (χ2v) is 9.42. The molecule has 0 aromatic heterocycles. The van der Waals surface area contributed by atoms with Crippen LogP contribution in [-0.2, 0) is 0 Å². The van der Waals surface area contributed by atoms with Gasteiger partial charge in [0.05, 0.1) is 0 Å². The summed E-state index contributed by atoms with van der Waals surface area (Å²) >= 11 is 0. The lowest BCUT2D eigenvalue weighted by atomic mass is 9.96. The number of unbranched alkanes of at least 4 members (excludes halogenated alkanes) is 1. The van der Waals surface area contributed by atoms with Crippen LogP contribution in [-0.4, -0.2) is 23.0 Å². The predicted molar refractivity (Wildman–Crippen MR) is 68.5 cm³/mol. The summed E-state index contributed by atoms with van der Waals surface area (Å²) in [6.45, 7) is 2.33. The van der Waals surface area contributed by atoms with Gasteiger partial charge >= 0.3 is 0 Å². The van der Waals surface area contributed by atoms with Gasteiger partial charge in [0.2, 0.25) is 0 Å². The molecule has 2 rings (SSSR count). The van der Waals surface area contributed by atoms with Crippen LogP contribution in [0.2, 0.25) is 0 Å². The van der Waals surface area contributed by atoms with Gasteiger partial charge in [0.1, 0.15) is 0 Å². The summed E-state index contributed by atoms with van der Waals surface area (Å²) in [7, 11) is -0.0203. The quantitative estimate of drug-likeness (QED) is 0.661. The van der Waals surface area contributed by atoms with E-state index in [2.05, 4.69) is 6.92 Å². The Morgan fingerprint density at radius 3 is 2.21 bits per heavy atom. The molecule has 0 amide bonds.